The largest absolute Gasteiger partial charge is 0.744 e. The normalized spacial score (nSPS) is 10.8. The average Bonchev–Trinajstić information content (AvgIpc) is 3.98. The van der Waals surface area contributed by atoms with Crippen molar-refractivity contribution in [1.82, 2.24) is 0 Å². The van der Waals surface area contributed by atoms with Crippen LogP contribution in [-0.2, 0) is 33.3 Å². The number of aromatic nitrogens is 2. The molecule has 414 valence electrons. The second-order valence-corrected chi connectivity index (χ2v) is 23.5. The molecule has 7 aromatic carbocycles. The first-order valence-electron chi connectivity index (χ1n) is 23.5. The number of aryl methyl sites for hydroxylation is 4. The first-order valence-corrected chi connectivity index (χ1v) is 29.7. The van der Waals surface area contributed by atoms with E-state index in [-0.39, 0.29) is 32.2 Å². The van der Waals surface area contributed by atoms with Crippen molar-refractivity contribution in [2.75, 3.05) is 28.4 Å². The molecule has 0 unspecified atom stereocenters. The molecule has 6 N–H and O–H groups in total. The van der Waals surface area contributed by atoms with E-state index in [4.69, 9.17) is 29.2 Å². The third-order valence-corrected chi connectivity index (χ3v) is 17.5. The summed E-state index contributed by atoms with van der Waals surface area (Å²) in [6.07, 6.45) is 8.75. The predicted octanol–water partition coefficient (Wildman–Crippen LogP) is 8.03. The standard InChI is InChI=1S/2C19H20NO2Se.2C7H8O3S.C6H6O2.2H2O/c2*1-4-20-15-7-5-6-8-18(15)23-19(20)12-10-14-9-11-16(21-2)17(13-14)22-3;2*1-6-2-4-7(5-3-6)11(8,9)10;7-5-1-2-6(8)4-3-5;;/h2*5-13H,4H2,1-3H3;2*2-5H,1H3,(H,8,9,10);1-4,7-8H;2*1H2/q2*+1;;;;;/p-2/b2*12-10+;;;;;. The number of fused-ring (bicyclic) bond motifs is 2. The van der Waals surface area contributed by atoms with E-state index in [1.807, 2.05) is 50.2 Å². The van der Waals surface area contributed by atoms with Crippen LogP contribution in [0.25, 0.3) is 43.9 Å². The Labute approximate surface area is 468 Å². The van der Waals surface area contributed by atoms with Gasteiger partial charge in [0, 0.05) is 0 Å². The van der Waals surface area contributed by atoms with Gasteiger partial charge in [-0.05, 0) is 62.4 Å². The molecule has 0 amide bonds. The molecule has 0 aliphatic carbocycles. The molecule has 78 heavy (non-hydrogen) atoms. The van der Waals surface area contributed by atoms with Gasteiger partial charge in [-0.25, -0.2) is 16.8 Å². The molecule has 16 nitrogen and oxygen atoms in total. The minimum absolute atomic E-state index is 0. The minimum Gasteiger partial charge on any atom is -0.744 e. The van der Waals surface area contributed by atoms with Crippen LogP contribution in [0.5, 0.6) is 34.5 Å². The van der Waals surface area contributed by atoms with Gasteiger partial charge in [0.25, 0.3) is 0 Å². The summed E-state index contributed by atoms with van der Waals surface area (Å²) in [6, 6.07) is 46.6. The van der Waals surface area contributed by atoms with Crippen LogP contribution in [0, 0.1) is 13.8 Å². The van der Waals surface area contributed by atoms with E-state index < -0.39 is 20.2 Å². The van der Waals surface area contributed by atoms with E-state index in [9.17, 15) is 25.9 Å². The SMILES string of the molecule is CC[n+]1c(/C=C/c2ccc(OC)c(OC)c2)[se]c2ccccc21.CC[n+]1c(/C=C/c2ccc(OC)c(OC)c2)[se]c2ccccc21.Cc1ccc(S(=O)(=O)[O-])cc1.Cc1ccc(S(=O)(=O)[O-])cc1.O.O.Oc1ccc(O)cc1. The van der Waals surface area contributed by atoms with Gasteiger partial charge in [-0.3, -0.25) is 0 Å². The van der Waals surface area contributed by atoms with Crippen LogP contribution in [0.2, 0.25) is 0 Å². The molecule has 0 radical (unpaired) electrons. The van der Waals surface area contributed by atoms with E-state index in [2.05, 4.69) is 95.8 Å². The average molecular weight is 1240 g/mol. The maximum atomic E-state index is 10.4. The van der Waals surface area contributed by atoms with Crippen molar-refractivity contribution in [3.8, 4) is 34.5 Å². The number of phenols is 2. The zero-order valence-electron chi connectivity index (χ0n) is 44.2. The van der Waals surface area contributed by atoms with E-state index in [0.29, 0.717) is 29.0 Å². The fourth-order valence-electron chi connectivity index (χ4n) is 7.12. The number of para-hydroxylation sites is 2. The summed E-state index contributed by atoms with van der Waals surface area (Å²) in [5.74, 6) is 3.36. The van der Waals surface area contributed by atoms with Gasteiger partial charge in [0.2, 0.25) is 0 Å². The van der Waals surface area contributed by atoms with Crippen molar-refractivity contribution in [2.45, 2.75) is 50.6 Å². The molecule has 0 bridgehead atoms. The van der Waals surface area contributed by atoms with Gasteiger partial charge < -0.3 is 30.3 Å². The molecule has 0 fully saturated rings. The van der Waals surface area contributed by atoms with Gasteiger partial charge in [0.1, 0.15) is 31.7 Å². The van der Waals surface area contributed by atoms with Crippen molar-refractivity contribution in [2.24, 2.45) is 0 Å². The molecule has 0 saturated carbocycles. The number of aromatic hydroxyl groups is 2. The topological polar surface area (TPSA) is 263 Å². The summed E-state index contributed by atoms with van der Waals surface area (Å²) in [5.41, 5.74) is 6.77. The Kier molecular flexibility index (Phi) is 26.2. The van der Waals surface area contributed by atoms with Gasteiger partial charge in [-0.15, -0.1) is 0 Å². The molecular weight excluding hydrogens is 1170 g/mol. The Balaban J connectivity index is 0.000000270. The van der Waals surface area contributed by atoms with Crippen molar-refractivity contribution < 1.29 is 75.2 Å². The minimum atomic E-state index is -4.27. The van der Waals surface area contributed by atoms with Crippen LogP contribution >= 0.6 is 0 Å². The summed E-state index contributed by atoms with van der Waals surface area (Å²) in [4.78, 5) is -0.355. The van der Waals surface area contributed by atoms with Crippen molar-refractivity contribution >= 4 is 93.1 Å². The predicted molar refractivity (Wildman–Crippen MR) is 306 cm³/mol. The number of benzene rings is 7. The van der Waals surface area contributed by atoms with E-state index in [0.717, 1.165) is 58.3 Å². The van der Waals surface area contributed by atoms with Gasteiger partial charge in [0.15, 0.2) is 0 Å². The Bertz CT molecular complexity index is 3360. The Hall–Kier alpha value is -7.06. The van der Waals surface area contributed by atoms with Crippen LogP contribution in [0.1, 0.15) is 45.2 Å². The molecule has 0 spiro atoms. The maximum Gasteiger partial charge on any atom is 0.124 e. The number of ether oxygens (including phenoxy) is 4. The fraction of sp³-hybridized carbons (Fsp3) is 0.172. The third-order valence-electron chi connectivity index (χ3n) is 11.0. The zero-order valence-corrected chi connectivity index (χ0v) is 49.3. The number of nitrogens with zero attached hydrogens (tertiary/aromatic N) is 2. The van der Waals surface area contributed by atoms with Crippen LogP contribution < -0.4 is 28.1 Å². The molecule has 0 aliphatic heterocycles. The maximum absolute atomic E-state index is 10.4. The number of phenolic OH excluding ortho intramolecular Hbond substituents is 2. The van der Waals surface area contributed by atoms with Crippen LogP contribution in [0.15, 0.2) is 168 Å². The second kappa shape index (κ2) is 31.4. The zero-order chi connectivity index (χ0) is 55.4. The Morgan fingerprint density at radius 1 is 0.462 bits per heavy atom. The number of rotatable bonds is 12. The molecular formula is C58H64N2O14S2Se2. The summed E-state index contributed by atoms with van der Waals surface area (Å²) < 4.78 is 94.1. The van der Waals surface area contributed by atoms with Crippen LogP contribution in [0.3, 0.4) is 0 Å². The van der Waals surface area contributed by atoms with E-state index in [1.165, 1.54) is 77.2 Å². The Morgan fingerprint density at radius 3 is 1.08 bits per heavy atom. The summed E-state index contributed by atoms with van der Waals surface area (Å²) in [7, 11) is -1.91. The van der Waals surface area contributed by atoms with Crippen LogP contribution in [0.4, 0.5) is 0 Å². The first kappa shape index (κ1) is 65.2. The molecule has 0 aliphatic rings. The van der Waals surface area contributed by atoms with Gasteiger partial charge in [-0.1, -0.05) is 35.4 Å². The number of hydrogen-bond acceptors (Lipinski definition) is 12. The van der Waals surface area contributed by atoms with Crippen molar-refractivity contribution in [1.29, 1.82) is 0 Å². The van der Waals surface area contributed by atoms with Crippen LogP contribution in [-0.4, -0.2) is 105 Å². The first-order chi connectivity index (χ1) is 36.3. The number of methoxy groups -OCH3 is 4. The van der Waals surface area contributed by atoms with Crippen molar-refractivity contribution in [3.63, 3.8) is 0 Å². The molecule has 2 aromatic heterocycles. The second-order valence-electron chi connectivity index (χ2n) is 16.3. The molecule has 9 aromatic rings. The summed E-state index contributed by atoms with van der Waals surface area (Å²) in [5, 5.41) is 17.3. The van der Waals surface area contributed by atoms with E-state index >= 15 is 0 Å². The molecule has 0 saturated heterocycles. The number of hydrogen-bond donors (Lipinski definition) is 2. The molecule has 20 heteroatoms. The monoisotopic (exact) mass is 1240 g/mol. The Morgan fingerprint density at radius 2 is 0.782 bits per heavy atom. The molecule has 2 heterocycles. The van der Waals surface area contributed by atoms with Gasteiger partial charge in [0.05, 0.1) is 9.79 Å². The van der Waals surface area contributed by atoms with E-state index in [1.54, 1.807) is 52.7 Å². The smallest absolute Gasteiger partial charge is 0.124 e. The molecule has 0 atom stereocenters. The third kappa shape index (κ3) is 19.1. The fourth-order valence-corrected chi connectivity index (χ4v) is 12.8. The molecule has 9 rings (SSSR count). The summed E-state index contributed by atoms with van der Waals surface area (Å²) in [6.45, 7) is 10.0. The summed E-state index contributed by atoms with van der Waals surface area (Å²) >= 11 is 0.722. The van der Waals surface area contributed by atoms with Gasteiger partial charge in [-0.2, -0.15) is 0 Å². The van der Waals surface area contributed by atoms with Crippen molar-refractivity contribution in [3.05, 3.63) is 189 Å². The van der Waals surface area contributed by atoms with Gasteiger partial charge >= 0.3 is 285 Å². The quantitative estimate of drug-likeness (QED) is 0.0510.